The van der Waals surface area contributed by atoms with Crippen LogP contribution < -0.4 is 5.32 Å². The molecule has 27 heavy (non-hydrogen) atoms. The summed E-state index contributed by atoms with van der Waals surface area (Å²) in [6, 6.07) is 5.97. The number of hydrogen-bond donors (Lipinski definition) is 1. The number of rotatable bonds is 4. The normalized spacial score (nSPS) is 20.9. The van der Waals surface area contributed by atoms with Gasteiger partial charge in [-0.25, -0.2) is 4.98 Å². The topological polar surface area (TPSA) is 75.9 Å². The Bertz CT molecular complexity index is 833. The maximum absolute atomic E-state index is 12.5. The van der Waals surface area contributed by atoms with Crippen LogP contribution in [0.25, 0.3) is 5.65 Å². The lowest BCUT2D eigenvalue weighted by atomic mass is 9.95. The number of pyridine rings is 1. The van der Waals surface area contributed by atoms with E-state index in [0.717, 1.165) is 29.9 Å². The predicted molar refractivity (Wildman–Crippen MR) is 100 cm³/mol. The maximum atomic E-state index is 12.5. The van der Waals surface area contributed by atoms with Crippen LogP contribution in [-0.4, -0.2) is 51.9 Å². The summed E-state index contributed by atoms with van der Waals surface area (Å²) in [5, 5.41) is 3.01. The number of nitrogens with zero attached hydrogens (tertiary/aromatic N) is 3. The van der Waals surface area contributed by atoms with Crippen molar-refractivity contribution < 1.29 is 14.3 Å². The number of carbonyl (C=O) groups is 2. The number of aromatic nitrogens is 2. The highest BCUT2D eigenvalue weighted by atomic mass is 16.5. The lowest BCUT2D eigenvalue weighted by molar-refractivity contribution is -0.143. The molecule has 2 aliphatic rings. The van der Waals surface area contributed by atoms with Gasteiger partial charge in [0.25, 0.3) is 5.91 Å². The van der Waals surface area contributed by atoms with Gasteiger partial charge in [-0.1, -0.05) is 6.07 Å². The number of nitrogens with one attached hydrogen (secondary N) is 1. The molecule has 0 aliphatic carbocycles. The number of carbonyl (C=O) groups excluding carboxylic acids is 2. The van der Waals surface area contributed by atoms with E-state index in [1.807, 2.05) is 40.6 Å². The van der Waals surface area contributed by atoms with E-state index < -0.39 is 0 Å². The molecular formula is C20H26N4O3. The van der Waals surface area contributed by atoms with E-state index >= 15 is 0 Å². The molecule has 144 valence electrons. The molecule has 0 aromatic carbocycles. The summed E-state index contributed by atoms with van der Waals surface area (Å²) in [4.78, 5) is 31.3. The summed E-state index contributed by atoms with van der Waals surface area (Å²) in [5.74, 6) is 0.0942. The summed E-state index contributed by atoms with van der Waals surface area (Å²) < 4.78 is 7.51. The zero-order valence-corrected chi connectivity index (χ0v) is 15.7. The average molecular weight is 370 g/mol. The molecule has 0 radical (unpaired) electrons. The summed E-state index contributed by atoms with van der Waals surface area (Å²) >= 11 is 0. The molecule has 2 amide bonds. The number of amides is 2. The number of hydrogen-bond acceptors (Lipinski definition) is 4. The van der Waals surface area contributed by atoms with Gasteiger partial charge in [0.05, 0.1) is 12.2 Å². The smallest absolute Gasteiger partial charge is 0.251 e. The number of piperidine rings is 1. The van der Waals surface area contributed by atoms with Crippen molar-refractivity contribution in [3.8, 4) is 0 Å². The van der Waals surface area contributed by atoms with Crippen molar-refractivity contribution in [1.29, 1.82) is 0 Å². The third kappa shape index (κ3) is 3.83. The number of ether oxygens (including phenoxy) is 1. The third-order valence-corrected chi connectivity index (χ3v) is 5.57. The fourth-order valence-electron chi connectivity index (χ4n) is 3.94. The van der Waals surface area contributed by atoms with Crippen molar-refractivity contribution in [3.05, 3.63) is 35.8 Å². The van der Waals surface area contributed by atoms with Crippen LogP contribution in [-0.2, 0) is 20.9 Å². The summed E-state index contributed by atoms with van der Waals surface area (Å²) in [6.45, 7) is 4.39. The van der Waals surface area contributed by atoms with Crippen molar-refractivity contribution in [1.82, 2.24) is 19.6 Å². The van der Waals surface area contributed by atoms with Gasteiger partial charge in [0.1, 0.15) is 11.8 Å². The Morgan fingerprint density at radius 1 is 1.26 bits per heavy atom. The molecule has 2 saturated heterocycles. The molecule has 2 aromatic heterocycles. The largest absolute Gasteiger partial charge is 0.368 e. The lowest BCUT2D eigenvalue weighted by Crippen LogP contribution is -2.46. The molecule has 1 N–H and O–H groups in total. The van der Waals surface area contributed by atoms with Gasteiger partial charge in [0.2, 0.25) is 5.91 Å². The highest BCUT2D eigenvalue weighted by molar-refractivity contribution is 5.82. The number of aryl methyl sites for hydroxylation is 1. The molecule has 1 atom stereocenters. The molecule has 0 spiro atoms. The molecule has 2 aliphatic heterocycles. The van der Waals surface area contributed by atoms with Crippen molar-refractivity contribution >= 4 is 17.5 Å². The molecule has 2 fully saturated rings. The predicted octanol–water partition coefficient (Wildman–Crippen LogP) is 1.68. The van der Waals surface area contributed by atoms with Gasteiger partial charge in [-0.2, -0.15) is 0 Å². The minimum absolute atomic E-state index is 0.0442. The zero-order valence-electron chi connectivity index (χ0n) is 15.7. The van der Waals surface area contributed by atoms with E-state index in [4.69, 9.17) is 4.74 Å². The fraction of sp³-hybridized carbons (Fsp3) is 0.550. The van der Waals surface area contributed by atoms with Crippen molar-refractivity contribution in [2.45, 2.75) is 45.3 Å². The number of likely N-dealkylation sites (tertiary alicyclic amines) is 1. The van der Waals surface area contributed by atoms with E-state index in [0.29, 0.717) is 39.1 Å². The molecule has 4 rings (SSSR count). The Kier molecular flexibility index (Phi) is 5.11. The molecular weight excluding hydrogens is 344 g/mol. The van der Waals surface area contributed by atoms with Gasteiger partial charge in [-0.3, -0.25) is 9.59 Å². The van der Waals surface area contributed by atoms with Gasteiger partial charge in [0, 0.05) is 37.5 Å². The highest BCUT2D eigenvalue weighted by Crippen LogP contribution is 2.21. The van der Waals surface area contributed by atoms with E-state index in [1.165, 1.54) is 0 Å². The van der Waals surface area contributed by atoms with Crippen molar-refractivity contribution in [2.24, 2.45) is 5.92 Å². The summed E-state index contributed by atoms with van der Waals surface area (Å²) in [7, 11) is 0. The minimum Gasteiger partial charge on any atom is -0.368 e. The van der Waals surface area contributed by atoms with Crippen LogP contribution in [0.2, 0.25) is 0 Å². The van der Waals surface area contributed by atoms with E-state index in [9.17, 15) is 9.59 Å². The lowest BCUT2D eigenvalue weighted by Gasteiger charge is -2.32. The van der Waals surface area contributed by atoms with Crippen molar-refractivity contribution in [3.63, 3.8) is 0 Å². The van der Waals surface area contributed by atoms with Gasteiger partial charge in [0.15, 0.2) is 0 Å². The SMILES string of the molecule is Cc1cccc2nc(CNC(=O)C3CCN(C(=O)[C@@H]4CCCO4)CC3)cn12. The van der Waals surface area contributed by atoms with Crippen LogP contribution in [0.5, 0.6) is 0 Å². The number of imidazole rings is 1. The first-order chi connectivity index (χ1) is 13.1. The molecule has 7 heteroatoms. The average Bonchev–Trinajstić information content (AvgIpc) is 3.36. The van der Waals surface area contributed by atoms with Gasteiger partial charge >= 0.3 is 0 Å². The molecule has 7 nitrogen and oxygen atoms in total. The summed E-state index contributed by atoms with van der Waals surface area (Å²) in [5.41, 5.74) is 2.85. The first kappa shape index (κ1) is 18.0. The Balaban J connectivity index is 1.27. The van der Waals surface area contributed by atoms with Gasteiger partial charge in [-0.15, -0.1) is 0 Å². The van der Waals surface area contributed by atoms with E-state index in [2.05, 4.69) is 10.3 Å². The Morgan fingerprint density at radius 2 is 2.07 bits per heavy atom. The second-order valence-electron chi connectivity index (χ2n) is 7.45. The molecule has 2 aromatic rings. The van der Waals surface area contributed by atoms with Crippen LogP contribution >= 0.6 is 0 Å². The van der Waals surface area contributed by atoms with Crippen LogP contribution in [0.15, 0.2) is 24.4 Å². The van der Waals surface area contributed by atoms with Crippen LogP contribution in [0.3, 0.4) is 0 Å². The molecule has 0 saturated carbocycles. The first-order valence-corrected chi connectivity index (χ1v) is 9.73. The molecule has 0 bridgehead atoms. The maximum Gasteiger partial charge on any atom is 0.251 e. The van der Waals surface area contributed by atoms with Crippen LogP contribution in [0.1, 0.15) is 37.1 Å². The number of fused-ring (bicyclic) bond motifs is 1. The Hall–Kier alpha value is -2.41. The van der Waals surface area contributed by atoms with Gasteiger partial charge in [-0.05, 0) is 44.7 Å². The van der Waals surface area contributed by atoms with Gasteiger partial charge < -0.3 is 19.4 Å². The van der Waals surface area contributed by atoms with Crippen LogP contribution in [0, 0.1) is 12.8 Å². The molecule has 0 unspecified atom stereocenters. The standard InChI is InChI=1S/C20H26N4O3/c1-14-4-2-6-18-22-16(13-24(14)18)12-21-19(25)15-7-9-23(10-8-15)20(26)17-5-3-11-27-17/h2,4,6,13,15,17H,3,5,7-12H2,1H3,(H,21,25)/t17-/m0/s1. The van der Waals surface area contributed by atoms with E-state index in [1.54, 1.807) is 0 Å². The Morgan fingerprint density at radius 3 is 2.78 bits per heavy atom. The zero-order chi connectivity index (χ0) is 18.8. The quantitative estimate of drug-likeness (QED) is 0.888. The summed E-state index contributed by atoms with van der Waals surface area (Å²) in [6.07, 6.45) is 4.88. The second kappa shape index (κ2) is 7.68. The Labute approximate surface area is 158 Å². The minimum atomic E-state index is -0.270. The van der Waals surface area contributed by atoms with E-state index in [-0.39, 0.29) is 23.8 Å². The first-order valence-electron chi connectivity index (χ1n) is 9.73. The second-order valence-corrected chi connectivity index (χ2v) is 7.45. The fourth-order valence-corrected chi connectivity index (χ4v) is 3.94. The van der Waals surface area contributed by atoms with Crippen molar-refractivity contribution in [2.75, 3.05) is 19.7 Å². The molecule has 4 heterocycles. The van der Waals surface area contributed by atoms with Crippen LogP contribution in [0.4, 0.5) is 0 Å². The highest BCUT2D eigenvalue weighted by Gasteiger charge is 2.32. The monoisotopic (exact) mass is 370 g/mol. The third-order valence-electron chi connectivity index (χ3n) is 5.57.